The molecule has 0 atom stereocenters. The van der Waals surface area contributed by atoms with Gasteiger partial charge in [-0.1, -0.05) is 76.6 Å². The number of carbonyl (C=O) groups excluding carboxylic acids is 1. The lowest BCUT2D eigenvalue weighted by Gasteiger charge is -2.26. The van der Waals surface area contributed by atoms with E-state index in [0.717, 1.165) is 50.4 Å². The van der Waals surface area contributed by atoms with Crippen molar-refractivity contribution < 1.29 is 4.79 Å². The lowest BCUT2D eigenvalue weighted by Crippen LogP contribution is -2.40. The number of nitrogens with one attached hydrogen (secondary N) is 1. The number of unbranched alkanes of at least 4 members (excludes halogenated alkanes) is 5. The molecule has 5 heteroatoms. The summed E-state index contributed by atoms with van der Waals surface area (Å²) in [6.45, 7) is 14.0. The van der Waals surface area contributed by atoms with E-state index in [1.165, 1.54) is 32.1 Å². The monoisotopic (exact) mass is 409 g/mol. The summed E-state index contributed by atoms with van der Waals surface area (Å²) in [4.78, 5) is 17.4. The largest absolute Gasteiger partial charge is 0.323 e. The Morgan fingerprint density at radius 3 is 2.21 bits per heavy atom. The summed E-state index contributed by atoms with van der Waals surface area (Å²) in [5.41, 5.74) is 1.73. The molecule has 1 aromatic carbocycles. The number of aryl methyl sites for hydroxylation is 1. The van der Waals surface area contributed by atoms with Crippen LogP contribution in [-0.4, -0.2) is 55.0 Å². The predicted octanol–water partition coefficient (Wildman–Crippen LogP) is 5.59. The van der Waals surface area contributed by atoms with Crippen LogP contribution in [0.4, 0.5) is 5.69 Å². The van der Waals surface area contributed by atoms with Gasteiger partial charge in [-0.05, 0) is 44.6 Å². The molecule has 0 aliphatic carbocycles. The molecule has 0 aromatic heterocycles. The second kappa shape index (κ2) is 14.8. The Morgan fingerprint density at radius 2 is 1.57 bits per heavy atom. The van der Waals surface area contributed by atoms with Crippen LogP contribution in [0.25, 0.3) is 0 Å². The molecule has 0 fully saturated rings. The van der Waals surface area contributed by atoms with Crippen LogP contribution in [-0.2, 0) is 4.79 Å². The van der Waals surface area contributed by atoms with E-state index in [9.17, 15) is 4.79 Å². The van der Waals surface area contributed by atoms with Crippen LogP contribution in [0.1, 0.15) is 64.9 Å². The number of hydrogen-bond donors (Lipinski definition) is 1. The molecule has 0 unspecified atom stereocenters. The highest BCUT2D eigenvalue weighted by Gasteiger charge is 2.14. The quantitative estimate of drug-likeness (QED) is 0.383. The molecule has 28 heavy (non-hydrogen) atoms. The normalized spacial score (nSPS) is 11.4. The van der Waals surface area contributed by atoms with Crippen molar-refractivity contribution in [2.45, 2.75) is 66.2 Å². The minimum Gasteiger partial charge on any atom is -0.323 e. The number of benzene rings is 1. The Hall–Kier alpha value is -1.10. The summed E-state index contributed by atoms with van der Waals surface area (Å²) < 4.78 is 0. The maximum atomic E-state index is 12.7. The second-order valence-electron chi connectivity index (χ2n) is 7.55. The number of para-hydroxylation sites is 1. The van der Waals surface area contributed by atoms with Crippen molar-refractivity contribution in [2.24, 2.45) is 0 Å². The molecule has 0 radical (unpaired) electrons. The van der Waals surface area contributed by atoms with Gasteiger partial charge in [0, 0.05) is 13.1 Å². The van der Waals surface area contributed by atoms with Crippen molar-refractivity contribution in [1.82, 2.24) is 9.80 Å². The molecule has 0 aliphatic heterocycles. The van der Waals surface area contributed by atoms with Crippen molar-refractivity contribution in [3.8, 4) is 0 Å². The van der Waals surface area contributed by atoms with E-state index in [1.54, 1.807) is 0 Å². The first-order chi connectivity index (χ1) is 13.5. The van der Waals surface area contributed by atoms with E-state index in [4.69, 9.17) is 11.6 Å². The maximum Gasteiger partial charge on any atom is 0.238 e. The Morgan fingerprint density at radius 1 is 0.929 bits per heavy atom. The second-order valence-corrected chi connectivity index (χ2v) is 7.96. The highest BCUT2D eigenvalue weighted by Crippen LogP contribution is 2.25. The average molecular weight is 410 g/mol. The predicted molar refractivity (Wildman–Crippen MR) is 122 cm³/mol. The van der Waals surface area contributed by atoms with E-state index < -0.39 is 0 Å². The Labute approximate surface area is 177 Å². The SMILES string of the molecule is CCCCCCCCN(CCN(CC)CC)CC(=O)Nc1c(C)cccc1Cl. The van der Waals surface area contributed by atoms with Gasteiger partial charge < -0.3 is 10.2 Å². The first-order valence-corrected chi connectivity index (χ1v) is 11.4. The molecule has 0 heterocycles. The third-order valence-corrected chi connectivity index (χ3v) is 5.62. The Balaban J connectivity index is 2.57. The number of carbonyl (C=O) groups is 1. The van der Waals surface area contributed by atoms with Crippen molar-refractivity contribution in [3.05, 3.63) is 28.8 Å². The molecule has 0 bridgehead atoms. The third kappa shape index (κ3) is 9.90. The number of anilines is 1. The fraction of sp³-hybridized carbons (Fsp3) is 0.696. The van der Waals surface area contributed by atoms with Gasteiger partial charge in [0.1, 0.15) is 0 Å². The number of likely N-dealkylation sites (N-methyl/N-ethyl adjacent to an activating group) is 1. The molecular weight excluding hydrogens is 370 g/mol. The molecule has 160 valence electrons. The molecule has 1 rings (SSSR count). The van der Waals surface area contributed by atoms with E-state index in [1.807, 2.05) is 25.1 Å². The van der Waals surface area contributed by atoms with E-state index in [-0.39, 0.29) is 5.91 Å². The van der Waals surface area contributed by atoms with Gasteiger partial charge >= 0.3 is 0 Å². The van der Waals surface area contributed by atoms with Crippen LogP contribution in [0, 0.1) is 6.92 Å². The average Bonchev–Trinajstić information content (AvgIpc) is 2.68. The van der Waals surface area contributed by atoms with Gasteiger partial charge in [-0.2, -0.15) is 0 Å². The zero-order valence-corrected chi connectivity index (χ0v) is 19.2. The standard InChI is InChI=1S/C23H40ClN3O/c1-5-8-9-10-11-12-16-27(18-17-26(6-2)7-3)19-22(28)25-23-20(4)14-13-15-21(23)24/h13-15H,5-12,16-19H2,1-4H3,(H,25,28). The summed E-state index contributed by atoms with van der Waals surface area (Å²) in [6.07, 6.45) is 7.61. The molecular formula is C23H40ClN3O. The first kappa shape index (κ1) is 24.9. The lowest BCUT2D eigenvalue weighted by atomic mass is 10.1. The number of halogens is 1. The first-order valence-electron chi connectivity index (χ1n) is 11.0. The van der Waals surface area contributed by atoms with Crippen molar-refractivity contribution in [3.63, 3.8) is 0 Å². The van der Waals surface area contributed by atoms with Gasteiger partial charge in [0.15, 0.2) is 0 Å². The number of rotatable bonds is 15. The molecule has 0 saturated carbocycles. The summed E-state index contributed by atoms with van der Waals surface area (Å²) in [5, 5.41) is 3.61. The lowest BCUT2D eigenvalue weighted by molar-refractivity contribution is -0.117. The van der Waals surface area contributed by atoms with Crippen LogP contribution in [0.15, 0.2) is 18.2 Å². The number of amides is 1. The van der Waals surface area contributed by atoms with Gasteiger partial charge in [0.25, 0.3) is 0 Å². The number of hydrogen-bond acceptors (Lipinski definition) is 3. The van der Waals surface area contributed by atoms with Crippen LogP contribution in [0.5, 0.6) is 0 Å². The Bertz CT molecular complexity index is 541. The highest BCUT2D eigenvalue weighted by atomic mass is 35.5. The Kier molecular flexibility index (Phi) is 13.2. The third-order valence-electron chi connectivity index (χ3n) is 5.31. The van der Waals surface area contributed by atoms with Gasteiger partial charge in [-0.25, -0.2) is 0 Å². The van der Waals surface area contributed by atoms with Crippen molar-refractivity contribution in [1.29, 1.82) is 0 Å². The van der Waals surface area contributed by atoms with Crippen molar-refractivity contribution >= 4 is 23.2 Å². The molecule has 0 spiro atoms. The molecule has 4 nitrogen and oxygen atoms in total. The zero-order chi connectivity index (χ0) is 20.8. The van der Waals surface area contributed by atoms with E-state index >= 15 is 0 Å². The molecule has 1 amide bonds. The topological polar surface area (TPSA) is 35.6 Å². The summed E-state index contributed by atoms with van der Waals surface area (Å²) in [7, 11) is 0. The fourth-order valence-corrected chi connectivity index (χ4v) is 3.65. The number of nitrogens with zero attached hydrogens (tertiary/aromatic N) is 2. The van der Waals surface area contributed by atoms with Gasteiger partial charge in [0.2, 0.25) is 5.91 Å². The van der Waals surface area contributed by atoms with Gasteiger partial charge in [-0.3, -0.25) is 9.69 Å². The van der Waals surface area contributed by atoms with Gasteiger partial charge in [-0.15, -0.1) is 0 Å². The summed E-state index contributed by atoms with van der Waals surface area (Å²) in [6, 6.07) is 5.69. The molecule has 0 saturated heterocycles. The minimum absolute atomic E-state index is 0.0155. The van der Waals surface area contributed by atoms with E-state index in [2.05, 4.69) is 35.9 Å². The fourth-order valence-electron chi connectivity index (χ4n) is 3.38. The van der Waals surface area contributed by atoms with E-state index in [0.29, 0.717) is 11.6 Å². The highest BCUT2D eigenvalue weighted by molar-refractivity contribution is 6.33. The maximum absolute atomic E-state index is 12.7. The molecule has 0 aliphatic rings. The van der Waals surface area contributed by atoms with Crippen molar-refractivity contribution in [2.75, 3.05) is 44.6 Å². The summed E-state index contributed by atoms with van der Waals surface area (Å²) in [5.74, 6) is 0.0155. The van der Waals surface area contributed by atoms with Crippen LogP contribution in [0.3, 0.4) is 0 Å². The minimum atomic E-state index is 0.0155. The van der Waals surface area contributed by atoms with Crippen LogP contribution in [0.2, 0.25) is 5.02 Å². The zero-order valence-electron chi connectivity index (χ0n) is 18.4. The molecule has 1 N–H and O–H groups in total. The van der Waals surface area contributed by atoms with Crippen LogP contribution >= 0.6 is 11.6 Å². The van der Waals surface area contributed by atoms with Crippen LogP contribution < -0.4 is 5.32 Å². The summed E-state index contributed by atoms with van der Waals surface area (Å²) >= 11 is 6.26. The molecule has 1 aromatic rings. The van der Waals surface area contributed by atoms with Gasteiger partial charge in [0.05, 0.1) is 17.3 Å². The smallest absolute Gasteiger partial charge is 0.238 e.